The van der Waals surface area contributed by atoms with Crippen LogP contribution in [0.1, 0.15) is 109 Å². The van der Waals surface area contributed by atoms with Crippen molar-refractivity contribution in [1.82, 2.24) is 0 Å². The first kappa shape index (κ1) is 21.3. The van der Waals surface area contributed by atoms with Gasteiger partial charge in [0.25, 0.3) is 0 Å². The second kappa shape index (κ2) is 14.1. The van der Waals surface area contributed by atoms with Gasteiger partial charge in [-0.3, -0.25) is 0 Å². The molecule has 26 heavy (non-hydrogen) atoms. The second-order valence-corrected chi connectivity index (χ2v) is 8.33. The van der Waals surface area contributed by atoms with Gasteiger partial charge in [0.05, 0.1) is 6.61 Å². The topological polar surface area (TPSA) is 9.23 Å². The molecule has 1 aromatic carbocycles. The highest BCUT2D eigenvalue weighted by Crippen LogP contribution is 2.29. The molecule has 0 unspecified atom stereocenters. The number of unbranched alkanes of at least 4 members (excludes halogenated alkanes) is 8. The molecule has 0 amide bonds. The summed E-state index contributed by atoms with van der Waals surface area (Å²) in [6, 6.07) is 8.67. The molecule has 1 aromatic rings. The molecule has 0 atom stereocenters. The second-order valence-electron chi connectivity index (χ2n) is 8.33. The minimum Gasteiger partial charge on any atom is -0.493 e. The number of benzene rings is 1. The van der Waals surface area contributed by atoms with Crippen molar-refractivity contribution in [3.05, 3.63) is 29.8 Å². The van der Waals surface area contributed by atoms with Crippen molar-refractivity contribution < 1.29 is 4.74 Å². The fourth-order valence-electron chi connectivity index (χ4n) is 4.32. The van der Waals surface area contributed by atoms with Crippen LogP contribution in [0.15, 0.2) is 24.3 Å². The molecule has 1 saturated carbocycles. The fraction of sp³-hybridized carbons (Fsp3) is 0.760. The zero-order valence-electron chi connectivity index (χ0n) is 17.3. The van der Waals surface area contributed by atoms with E-state index in [2.05, 4.69) is 31.2 Å². The highest BCUT2D eigenvalue weighted by molar-refractivity contribution is 5.33. The minimum absolute atomic E-state index is 0.884. The van der Waals surface area contributed by atoms with Gasteiger partial charge in [-0.05, 0) is 36.8 Å². The molecule has 0 aromatic heterocycles. The highest BCUT2D eigenvalue weighted by Gasteiger charge is 2.13. The van der Waals surface area contributed by atoms with E-state index in [1.807, 2.05) is 0 Å². The summed E-state index contributed by atoms with van der Waals surface area (Å²) in [6.45, 7) is 3.16. The van der Waals surface area contributed by atoms with Gasteiger partial charge >= 0.3 is 0 Å². The van der Waals surface area contributed by atoms with E-state index in [4.69, 9.17) is 4.74 Å². The molecule has 1 aliphatic carbocycles. The first-order valence-corrected chi connectivity index (χ1v) is 11.6. The summed E-state index contributed by atoms with van der Waals surface area (Å²) in [5, 5.41) is 0. The molecule has 0 heterocycles. The number of hydrogen-bond acceptors (Lipinski definition) is 1. The maximum Gasteiger partial charge on any atom is 0.122 e. The lowest BCUT2D eigenvalue weighted by molar-refractivity contribution is 0.300. The van der Waals surface area contributed by atoms with Gasteiger partial charge in [0.2, 0.25) is 0 Å². The number of para-hydroxylation sites is 1. The smallest absolute Gasteiger partial charge is 0.122 e. The first-order valence-electron chi connectivity index (χ1n) is 11.6. The summed E-state index contributed by atoms with van der Waals surface area (Å²) in [7, 11) is 0. The molecule has 0 bridgehead atoms. The molecule has 1 fully saturated rings. The van der Waals surface area contributed by atoms with Crippen LogP contribution in [0, 0.1) is 5.92 Å². The Hall–Kier alpha value is -0.980. The molecule has 2 rings (SSSR count). The Morgan fingerprint density at radius 3 is 2.35 bits per heavy atom. The predicted molar refractivity (Wildman–Crippen MR) is 114 cm³/mol. The summed E-state index contributed by atoms with van der Waals surface area (Å²) in [6.07, 6.45) is 22.1. The molecule has 1 heteroatoms. The van der Waals surface area contributed by atoms with Gasteiger partial charge in [0.1, 0.15) is 5.75 Å². The van der Waals surface area contributed by atoms with Crippen LogP contribution in [0.5, 0.6) is 5.75 Å². The van der Waals surface area contributed by atoms with E-state index < -0.39 is 0 Å². The van der Waals surface area contributed by atoms with Crippen LogP contribution in [0.25, 0.3) is 0 Å². The lowest BCUT2D eigenvalue weighted by Gasteiger charge is -2.12. The van der Waals surface area contributed by atoms with Crippen molar-refractivity contribution in [2.75, 3.05) is 6.61 Å². The van der Waals surface area contributed by atoms with Crippen LogP contribution in [-0.4, -0.2) is 6.61 Å². The number of aryl methyl sites for hydroxylation is 1. The third kappa shape index (κ3) is 9.10. The Bertz CT molecular complexity index is 447. The standard InChI is InChI=1S/C25H42O/c1-2-3-4-6-10-19-24-20-13-14-21-25(24)26-22-15-8-5-7-9-16-23-17-11-12-18-23/h13-14,20-21,23H,2-12,15-19,22H2,1H3. The van der Waals surface area contributed by atoms with E-state index in [9.17, 15) is 0 Å². The largest absolute Gasteiger partial charge is 0.493 e. The van der Waals surface area contributed by atoms with Crippen molar-refractivity contribution >= 4 is 0 Å². The van der Waals surface area contributed by atoms with E-state index in [1.165, 1.54) is 108 Å². The van der Waals surface area contributed by atoms with E-state index >= 15 is 0 Å². The van der Waals surface area contributed by atoms with Crippen LogP contribution in [-0.2, 0) is 6.42 Å². The molecule has 0 saturated heterocycles. The Balaban J connectivity index is 1.50. The van der Waals surface area contributed by atoms with Crippen molar-refractivity contribution in [2.24, 2.45) is 5.92 Å². The summed E-state index contributed by atoms with van der Waals surface area (Å²) in [5.74, 6) is 2.20. The molecule has 0 aliphatic heterocycles. The lowest BCUT2D eigenvalue weighted by Crippen LogP contribution is -2.00. The van der Waals surface area contributed by atoms with Crippen LogP contribution in [0.3, 0.4) is 0 Å². The van der Waals surface area contributed by atoms with Crippen LogP contribution in [0.2, 0.25) is 0 Å². The summed E-state index contributed by atoms with van der Waals surface area (Å²) >= 11 is 0. The average molecular weight is 359 g/mol. The molecule has 0 N–H and O–H groups in total. The molecule has 0 radical (unpaired) electrons. The van der Waals surface area contributed by atoms with Gasteiger partial charge in [0, 0.05) is 0 Å². The average Bonchev–Trinajstić information content (AvgIpc) is 3.18. The molecule has 1 aliphatic rings. The summed E-state index contributed by atoms with van der Waals surface area (Å²) in [5.41, 5.74) is 1.40. The SMILES string of the molecule is CCCCCCCc1ccccc1OCCCCCCCC1CCCC1. The summed E-state index contributed by atoms with van der Waals surface area (Å²) < 4.78 is 6.10. The zero-order chi connectivity index (χ0) is 18.3. The van der Waals surface area contributed by atoms with E-state index in [0.29, 0.717) is 0 Å². The molecule has 1 nitrogen and oxygen atoms in total. The minimum atomic E-state index is 0.884. The monoisotopic (exact) mass is 358 g/mol. The third-order valence-electron chi connectivity index (χ3n) is 6.01. The Morgan fingerprint density at radius 2 is 1.50 bits per heavy atom. The van der Waals surface area contributed by atoms with Gasteiger partial charge < -0.3 is 4.74 Å². The molecular weight excluding hydrogens is 316 g/mol. The summed E-state index contributed by atoms with van der Waals surface area (Å²) in [4.78, 5) is 0. The maximum absolute atomic E-state index is 6.10. The van der Waals surface area contributed by atoms with Crippen molar-refractivity contribution in [3.8, 4) is 5.75 Å². The van der Waals surface area contributed by atoms with Gasteiger partial charge in [-0.1, -0.05) is 109 Å². The predicted octanol–water partition coefficient (Wildman–Crippen LogP) is 8.11. The van der Waals surface area contributed by atoms with Gasteiger partial charge in [-0.15, -0.1) is 0 Å². The van der Waals surface area contributed by atoms with Crippen LogP contribution < -0.4 is 4.74 Å². The van der Waals surface area contributed by atoms with Crippen LogP contribution in [0.4, 0.5) is 0 Å². The van der Waals surface area contributed by atoms with Crippen molar-refractivity contribution in [3.63, 3.8) is 0 Å². The molecular formula is C25H42O. The third-order valence-corrected chi connectivity index (χ3v) is 6.01. The Kier molecular flexibility index (Phi) is 11.6. The van der Waals surface area contributed by atoms with E-state index in [-0.39, 0.29) is 0 Å². The fourth-order valence-corrected chi connectivity index (χ4v) is 4.32. The quantitative estimate of drug-likeness (QED) is 0.288. The Morgan fingerprint density at radius 1 is 0.808 bits per heavy atom. The lowest BCUT2D eigenvalue weighted by atomic mass is 9.99. The van der Waals surface area contributed by atoms with Gasteiger partial charge in [-0.25, -0.2) is 0 Å². The van der Waals surface area contributed by atoms with Crippen molar-refractivity contribution in [1.29, 1.82) is 0 Å². The molecule has 148 valence electrons. The van der Waals surface area contributed by atoms with E-state index in [1.54, 1.807) is 0 Å². The number of hydrogen-bond donors (Lipinski definition) is 0. The molecule has 0 spiro atoms. The first-order chi connectivity index (χ1) is 12.9. The van der Waals surface area contributed by atoms with Gasteiger partial charge in [0.15, 0.2) is 0 Å². The van der Waals surface area contributed by atoms with Crippen LogP contribution >= 0.6 is 0 Å². The van der Waals surface area contributed by atoms with Gasteiger partial charge in [-0.2, -0.15) is 0 Å². The highest BCUT2D eigenvalue weighted by atomic mass is 16.5. The van der Waals surface area contributed by atoms with Crippen molar-refractivity contribution in [2.45, 2.75) is 110 Å². The maximum atomic E-state index is 6.10. The number of ether oxygens (including phenoxy) is 1. The zero-order valence-corrected chi connectivity index (χ0v) is 17.3. The normalized spacial score (nSPS) is 14.8. The van der Waals surface area contributed by atoms with E-state index in [0.717, 1.165) is 18.3 Å². The number of rotatable bonds is 15. The Labute approximate surface area is 162 Å².